The summed E-state index contributed by atoms with van der Waals surface area (Å²) in [6.07, 6.45) is 0. The van der Waals surface area contributed by atoms with Gasteiger partial charge in [-0.15, -0.1) is 0 Å². The molecule has 0 radical (unpaired) electrons. The van der Waals surface area contributed by atoms with Gasteiger partial charge in [-0.2, -0.15) is 0 Å². The predicted octanol–water partition coefficient (Wildman–Crippen LogP) is 1.32. The maximum absolute atomic E-state index is 12.0. The first-order chi connectivity index (χ1) is 9.52. The Balaban J connectivity index is 2.15. The molecule has 1 aliphatic rings. The molecule has 0 aromatic heterocycles. The minimum atomic E-state index is -0.357. The van der Waals surface area contributed by atoms with E-state index in [1.165, 1.54) is 0 Å². The summed E-state index contributed by atoms with van der Waals surface area (Å²) < 4.78 is 11.0. The van der Waals surface area contributed by atoms with Gasteiger partial charge in [0.05, 0.1) is 11.4 Å². The summed E-state index contributed by atoms with van der Waals surface area (Å²) in [5, 5.41) is 3.12. The third-order valence-corrected chi connectivity index (χ3v) is 3.31. The first kappa shape index (κ1) is 14.3. The number of hydrogen-bond donors (Lipinski definition) is 2. The summed E-state index contributed by atoms with van der Waals surface area (Å²) >= 11 is 0. The average molecular weight is 279 g/mol. The van der Waals surface area contributed by atoms with Crippen molar-refractivity contribution in [1.29, 1.82) is 0 Å². The zero-order chi connectivity index (χ0) is 14.7. The highest BCUT2D eigenvalue weighted by Crippen LogP contribution is 2.37. The van der Waals surface area contributed by atoms with Crippen LogP contribution < -0.4 is 20.5 Å². The summed E-state index contributed by atoms with van der Waals surface area (Å²) in [7, 11) is 1.77. The van der Waals surface area contributed by atoms with Crippen molar-refractivity contribution in [3.8, 4) is 11.5 Å². The van der Waals surface area contributed by atoms with Gasteiger partial charge < -0.3 is 25.4 Å². The molecule has 0 aliphatic carbocycles. The summed E-state index contributed by atoms with van der Waals surface area (Å²) in [5.74, 6) is 1.31. The first-order valence-corrected chi connectivity index (χ1v) is 6.73. The van der Waals surface area contributed by atoms with Gasteiger partial charge in [-0.3, -0.25) is 4.79 Å². The zero-order valence-electron chi connectivity index (χ0n) is 12.1. The highest BCUT2D eigenvalue weighted by atomic mass is 16.6. The molecule has 20 heavy (non-hydrogen) atoms. The van der Waals surface area contributed by atoms with Crippen LogP contribution in [0.3, 0.4) is 0 Å². The third kappa shape index (κ3) is 2.89. The number of rotatable bonds is 4. The number of fused-ring (bicyclic) bond motifs is 1. The molecule has 1 unspecified atom stereocenters. The molecule has 0 saturated carbocycles. The number of likely N-dealkylation sites (N-methyl/N-ethyl adjacent to an activating group) is 1. The molecule has 2 rings (SSSR count). The largest absolute Gasteiger partial charge is 0.486 e. The molecule has 110 valence electrons. The van der Waals surface area contributed by atoms with Crippen LogP contribution in [0.1, 0.15) is 13.8 Å². The molecule has 1 aromatic carbocycles. The van der Waals surface area contributed by atoms with Gasteiger partial charge in [-0.1, -0.05) is 0 Å². The second-order valence-electron chi connectivity index (χ2n) is 4.80. The van der Waals surface area contributed by atoms with E-state index in [9.17, 15) is 4.79 Å². The molecule has 1 atom stereocenters. The number of nitrogens with one attached hydrogen (secondary N) is 1. The quantitative estimate of drug-likeness (QED) is 0.813. The number of amides is 1. The molecule has 1 aliphatic heterocycles. The fourth-order valence-corrected chi connectivity index (χ4v) is 2.01. The van der Waals surface area contributed by atoms with Crippen molar-refractivity contribution < 1.29 is 14.3 Å². The predicted molar refractivity (Wildman–Crippen MR) is 78.2 cm³/mol. The number of anilines is 2. The fraction of sp³-hybridized carbons (Fsp3) is 0.500. The monoisotopic (exact) mass is 279 g/mol. The van der Waals surface area contributed by atoms with Gasteiger partial charge in [-0.05, 0) is 13.8 Å². The fourth-order valence-electron chi connectivity index (χ4n) is 2.01. The van der Waals surface area contributed by atoms with Crippen LogP contribution in [0, 0.1) is 0 Å². The molecule has 6 heteroatoms. The van der Waals surface area contributed by atoms with Gasteiger partial charge in [-0.25, -0.2) is 0 Å². The Kier molecular flexibility index (Phi) is 4.22. The van der Waals surface area contributed by atoms with Gasteiger partial charge in [0.15, 0.2) is 11.5 Å². The lowest BCUT2D eigenvalue weighted by Crippen LogP contribution is -2.39. The maximum atomic E-state index is 12.0. The highest BCUT2D eigenvalue weighted by Gasteiger charge is 2.19. The lowest BCUT2D eigenvalue weighted by molar-refractivity contribution is -0.130. The van der Waals surface area contributed by atoms with Gasteiger partial charge in [0.25, 0.3) is 0 Å². The van der Waals surface area contributed by atoms with Crippen molar-refractivity contribution >= 4 is 17.3 Å². The first-order valence-electron chi connectivity index (χ1n) is 6.73. The van der Waals surface area contributed by atoms with Crippen molar-refractivity contribution in [2.45, 2.75) is 19.9 Å². The molecule has 1 amide bonds. The van der Waals surface area contributed by atoms with E-state index in [2.05, 4.69) is 5.32 Å². The molecule has 6 nitrogen and oxygen atoms in total. The van der Waals surface area contributed by atoms with E-state index < -0.39 is 0 Å². The number of carbonyl (C=O) groups excluding carboxylic acids is 1. The number of nitrogens with zero attached hydrogens (tertiary/aromatic N) is 1. The van der Waals surface area contributed by atoms with E-state index in [1.807, 2.05) is 13.8 Å². The number of benzene rings is 1. The second kappa shape index (κ2) is 5.90. The Labute approximate surface area is 118 Å². The Bertz CT molecular complexity index is 505. The van der Waals surface area contributed by atoms with E-state index in [0.29, 0.717) is 42.6 Å². The van der Waals surface area contributed by atoms with Crippen molar-refractivity contribution in [1.82, 2.24) is 4.90 Å². The van der Waals surface area contributed by atoms with E-state index >= 15 is 0 Å². The summed E-state index contributed by atoms with van der Waals surface area (Å²) in [6.45, 7) is 5.45. The molecule has 0 bridgehead atoms. The van der Waals surface area contributed by atoms with Crippen molar-refractivity contribution in [2.75, 3.05) is 37.9 Å². The topological polar surface area (TPSA) is 76.8 Å². The van der Waals surface area contributed by atoms with Gasteiger partial charge in [0, 0.05) is 25.7 Å². The van der Waals surface area contributed by atoms with Crippen molar-refractivity contribution in [2.24, 2.45) is 0 Å². The molecule has 1 aromatic rings. The van der Waals surface area contributed by atoms with E-state index in [-0.39, 0.29) is 11.9 Å². The SMILES string of the molecule is CCN(C)C(=O)C(C)Nc1cc2c(cc1N)OCCO2. The number of carbonyl (C=O) groups is 1. The molecule has 0 fully saturated rings. The summed E-state index contributed by atoms with van der Waals surface area (Å²) in [5.41, 5.74) is 7.19. The van der Waals surface area contributed by atoms with Gasteiger partial charge in [0.1, 0.15) is 19.3 Å². The molecular weight excluding hydrogens is 258 g/mol. The van der Waals surface area contributed by atoms with Crippen LogP contribution in [0.2, 0.25) is 0 Å². The van der Waals surface area contributed by atoms with Crippen molar-refractivity contribution in [3.63, 3.8) is 0 Å². The van der Waals surface area contributed by atoms with Gasteiger partial charge in [0.2, 0.25) is 5.91 Å². The van der Waals surface area contributed by atoms with Crippen LogP contribution in [0.5, 0.6) is 11.5 Å². The molecular formula is C14H21N3O3. The van der Waals surface area contributed by atoms with E-state index in [1.54, 1.807) is 24.1 Å². The zero-order valence-corrected chi connectivity index (χ0v) is 12.1. The van der Waals surface area contributed by atoms with Crippen LogP contribution >= 0.6 is 0 Å². The summed E-state index contributed by atoms with van der Waals surface area (Å²) in [6, 6.07) is 3.14. The van der Waals surface area contributed by atoms with Crippen LogP contribution in [0.4, 0.5) is 11.4 Å². The molecule has 3 N–H and O–H groups in total. The van der Waals surface area contributed by atoms with Crippen LogP contribution in [0.25, 0.3) is 0 Å². The van der Waals surface area contributed by atoms with Crippen LogP contribution in [-0.4, -0.2) is 43.7 Å². The number of nitrogen functional groups attached to an aromatic ring is 1. The standard InChI is InChI=1S/C14H21N3O3/c1-4-17(3)14(18)9(2)16-11-8-13-12(7-10(11)15)19-5-6-20-13/h7-9,16H,4-6,15H2,1-3H3. The minimum absolute atomic E-state index is 0.0155. The number of nitrogens with two attached hydrogens (primary N) is 1. The Morgan fingerprint density at radius 3 is 2.60 bits per heavy atom. The van der Waals surface area contributed by atoms with Gasteiger partial charge >= 0.3 is 0 Å². The van der Waals surface area contributed by atoms with E-state index in [4.69, 9.17) is 15.2 Å². The van der Waals surface area contributed by atoms with Crippen molar-refractivity contribution in [3.05, 3.63) is 12.1 Å². The Morgan fingerprint density at radius 1 is 1.40 bits per heavy atom. The maximum Gasteiger partial charge on any atom is 0.244 e. The molecule has 1 heterocycles. The summed E-state index contributed by atoms with van der Waals surface area (Å²) in [4.78, 5) is 13.7. The molecule has 0 spiro atoms. The molecule has 0 saturated heterocycles. The van der Waals surface area contributed by atoms with Crippen LogP contribution in [0.15, 0.2) is 12.1 Å². The third-order valence-electron chi connectivity index (χ3n) is 3.31. The average Bonchev–Trinajstić information content (AvgIpc) is 2.46. The lowest BCUT2D eigenvalue weighted by Gasteiger charge is -2.24. The minimum Gasteiger partial charge on any atom is -0.486 e. The number of hydrogen-bond acceptors (Lipinski definition) is 5. The highest BCUT2D eigenvalue weighted by molar-refractivity contribution is 5.86. The van der Waals surface area contributed by atoms with E-state index in [0.717, 1.165) is 0 Å². The lowest BCUT2D eigenvalue weighted by atomic mass is 10.2. The smallest absolute Gasteiger partial charge is 0.244 e. The Hall–Kier alpha value is -2.11. The van der Waals surface area contributed by atoms with Crippen LogP contribution in [-0.2, 0) is 4.79 Å². The second-order valence-corrected chi connectivity index (χ2v) is 4.80. The Morgan fingerprint density at radius 2 is 2.00 bits per heavy atom. The normalized spacial score (nSPS) is 14.6. The number of ether oxygens (including phenoxy) is 2.